The van der Waals surface area contributed by atoms with E-state index in [4.69, 9.17) is 14.5 Å². The van der Waals surface area contributed by atoms with E-state index in [1.807, 2.05) is 59.5 Å². The zero-order valence-corrected chi connectivity index (χ0v) is 22.2. The maximum atomic E-state index is 13.2. The van der Waals surface area contributed by atoms with Crippen molar-refractivity contribution in [2.45, 2.75) is 24.2 Å². The molecule has 0 amide bonds. The molecular weight excluding hydrogens is 525 g/mol. The number of hydrogen-bond acceptors (Lipinski definition) is 5. The van der Waals surface area contributed by atoms with Crippen LogP contribution in [0.15, 0.2) is 107 Å². The third-order valence-electron chi connectivity index (χ3n) is 5.73. The van der Waals surface area contributed by atoms with E-state index < -0.39 is 11.7 Å². The molecule has 0 heterocycles. The summed E-state index contributed by atoms with van der Waals surface area (Å²) in [6.45, 7) is 0.797. The Morgan fingerprint density at radius 1 is 0.795 bits per heavy atom. The van der Waals surface area contributed by atoms with Gasteiger partial charge in [0.2, 0.25) is 0 Å². The summed E-state index contributed by atoms with van der Waals surface area (Å²) in [5, 5.41) is 10.6. The number of rotatable bonds is 8. The number of benzene rings is 4. The van der Waals surface area contributed by atoms with Crippen molar-refractivity contribution < 1.29 is 27.8 Å². The summed E-state index contributed by atoms with van der Waals surface area (Å²) in [5.41, 5.74) is 1.42. The molecule has 0 unspecified atom stereocenters. The Morgan fingerprint density at radius 3 is 2.00 bits per heavy atom. The molecule has 0 radical (unpaired) electrons. The summed E-state index contributed by atoms with van der Waals surface area (Å²) < 4.78 is 50.2. The van der Waals surface area contributed by atoms with Crippen LogP contribution in [0.25, 0.3) is 0 Å². The predicted octanol–water partition coefficient (Wildman–Crippen LogP) is 7.91. The summed E-state index contributed by atoms with van der Waals surface area (Å²) in [6.07, 6.45) is -4.44. The highest BCUT2D eigenvalue weighted by atomic mass is 32.2. The number of hydrogen-bond donors (Lipinski definition) is 1. The van der Waals surface area contributed by atoms with Crippen LogP contribution in [0.5, 0.6) is 17.2 Å². The number of halogens is 3. The van der Waals surface area contributed by atoms with Gasteiger partial charge < -0.3 is 19.5 Å². The zero-order chi connectivity index (χ0) is 27.8. The zero-order valence-electron chi connectivity index (χ0n) is 21.4. The number of phenols is 1. The van der Waals surface area contributed by atoms with E-state index in [0.717, 1.165) is 28.2 Å². The molecule has 0 aliphatic heterocycles. The number of phenolic OH excluding ortho intramolecular Hbond substituents is 1. The Kier molecular flexibility index (Phi) is 9.03. The third kappa shape index (κ3) is 7.94. The molecule has 9 heteroatoms. The first kappa shape index (κ1) is 27.9. The van der Waals surface area contributed by atoms with Crippen molar-refractivity contribution in [3.63, 3.8) is 0 Å². The predicted molar refractivity (Wildman–Crippen MR) is 148 cm³/mol. The van der Waals surface area contributed by atoms with Crippen LogP contribution in [-0.4, -0.2) is 29.4 Å². The minimum absolute atomic E-state index is 0.135. The van der Waals surface area contributed by atoms with Gasteiger partial charge in [-0.2, -0.15) is 13.2 Å². The van der Waals surface area contributed by atoms with Gasteiger partial charge in [-0.05, 0) is 77.9 Å². The Hall–Kier alpha value is -4.11. The monoisotopic (exact) mass is 552 g/mol. The van der Waals surface area contributed by atoms with Crippen LogP contribution < -0.4 is 9.47 Å². The molecule has 5 nitrogen and oxygen atoms in total. The van der Waals surface area contributed by atoms with Crippen molar-refractivity contribution >= 4 is 22.6 Å². The van der Waals surface area contributed by atoms with E-state index in [2.05, 4.69) is 0 Å². The summed E-state index contributed by atoms with van der Waals surface area (Å²) in [7, 11) is 3.18. The van der Waals surface area contributed by atoms with Gasteiger partial charge in [0.1, 0.15) is 17.2 Å². The van der Waals surface area contributed by atoms with Gasteiger partial charge in [0.05, 0.1) is 25.5 Å². The van der Waals surface area contributed by atoms with Gasteiger partial charge in [0.25, 0.3) is 0 Å². The molecule has 4 rings (SSSR count). The summed E-state index contributed by atoms with van der Waals surface area (Å²) in [4.78, 5) is 7.64. The second-order valence-corrected chi connectivity index (χ2v) is 9.64. The Morgan fingerprint density at radius 2 is 1.38 bits per heavy atom. The van der Waals surface area contributed by atoms with Crippen LogP contribution in [-0.2, 0) is 19.3 Å². The maximum Gasteiger partial charge on any atom is 0.416 e. The van der Waals surface area contributed by atoms with Gasteiger partial charge in [-0.1, -0.05) is 42.1 Å². The fraction of sp³-hybridized carbons (Fsp3) is 0.167. The highest BCUT2D eigenvalue weighted by Gasteiger charge is 2.30. The lowest BCUT2D eigenvalue weighted by atomic mass is 10.1. The molecule has 0 aromatic heterocycles. The lowest BCUT2D eigenvalue weighted by Gasteiger charge is -2.26. The molecule has 1 N–H and O–H groups in total. The average Bonchev–Trinajstić information content (AvgIpc) is 2.92. The fourth-order valence-corrected chi connectivity index (χ4v) is 4.76. The van der Waals surface area contributed by atoms with Crippen molar-refractivity contribution in [3.8, 4) is 17.2 Å². The van der Waals surface area contributed by atoms with Crippen LogP contribution in [0.4, 0.5) is 18.9 Å². The molecular formula is C30H27F3N2O3S. The molecule has 0 atom stereocenters. The minimum Gasteiger partial charge on any atom is -0.508 e. The van der Waals surface area contributed by atoms with E-state index in [1.54, 1.807) is 32.4 Å². The first-order valence-corrected chi connectivity index (χ1v) is 12.8. The molecule has 0 aliphatic rings. The van der Waals surface area contributed by atoms with E-state index in [9.17, 15) is 18.3 Å². The lowest BCUT2D eigenvalue weighted by molar-refractivity contribution is -0.137. The summed E-state index contributed by atoms with van der Waals surface area (Å²) in [6, 6.07) is 26.8. The molecule has 202 valence electrons. The molecule has 0 saturated carbocycles. The molecule has 0 spiro atoms. The van der Waals surface area contributed by atoms with Gasteiger partial charge in [-0.25, -0.2) is 4.99 Å². The standard InChI is InChI=1S/C30H27F3N2O3S/c1-37-26-9-4-7-22(17-26)20-35(19-21-6-3-8-25(36)16-21)29(39-28-11-5-10-27(18-28)38-2)34-24-14-12-23(13-15-24)30(31,32)33/h3-18,36H,19-20H2,1-2H3. The molecule has 0 bridgehead atoms. The number of ether oxygens (including phenoxy) is 2. The number of methoxy groups -OCH3 is 2. The van der Waals surface area contributed by atoms with Gasteiger partial charge in [0, 0.05) is 18.0 Å². The molecule has 4 aromatic rings. The van der Waals surface area contributed by atoms with Gasteiger partial charge in [-0.15, -0.1) is 0 Å². The first-order chi connectivity index (χ1) is 18.7. The molecule has 0 saturated heterocycles. The number of alkyl halides is 3. The maximum absolute atomic E-state index is 13.2. The smallest absolute Gasteiger partial charge is 0.416 e. The van der Waals surface area contributed by atoms with E-state index in [1.165, 1.54) is 23.9 Å². The SMILES string of the molecule is COc1cccc(CN(Cc2cccc(O)c2)C(=Nc2ccc(C(F)(F)F)cc2)Sc2cccc(OC)c2)c1. The van der Waals surface area contributed by atoms with Crippen molar-refractivity contribution in [1.29, 1.82) is 0 Å². The second kappa shape index (κ2) is 12.6. The van der Waals surface area contributed by atoms with Crippen LogP contribution in [0.3, 0.4) is 0 Å². The number of nitrogens with zero attached hydrogens (tertiary/aromatic N) is 2. The third-order valence-corrected chi connectivity index (χ3v) is 6.75. The van der Waals surface area contributed by atoms with Crippen LogP contribution in [0.2, 0.25) is 0 Å². The molecule has 0 fully saturated rings. The van der Waals surface area contributed by atoms with E-state index in [0.29, 0.717) is 35.4 Å². The Balaban J connectivity index is 1.78. The van der Waals surface area contributed by atoms with Gasteiger partial charge in [-0.3, -0.25) is 0 Å². The molecule has 4 aromatic carbocycles. The van der Waals surface area contributed by atoms with Crippen LogP contribution in [0.1, 0.15) is 16.7 Å². The number of thioether (sulfide) groups is 1. The van der Waals surface area contributed by atoms with Crippen molar-refractivity contribution in [2.24, 2.45) is 4.99 Å². The fourth-order valence-electron chi connectivity index (χ4n) is 3.82. The second-order valence-electron chi connectivity index (χ2n) is 8.60. The minimum atomic E-state index is -4.44. The number of aromatic hydroxyl groups is 1. The van der Waals surface area contributed by atoms with E-state index in [-0.39, 0.29) is 5.75 Å². The van der Waals surface area contributed by atoms with Gasteiger partial charge in [0.15, 0.2) is 5.17 Å². The van der Waals surface area contributed by atoms with Crippen LogP contribution >= 0.6 is 11.8 Å². The topological polar surface area (TPSA) is 54.3 Å². The molecule has 0 aliphatic carbocycles. The number of amidine groups is 1. The highest BCUT2D eigenvalue weighted by Crippen LogP contribution is 2.33. The Labute approximate surface area is 229 Å². The highest BCUT2D eigenvalue weighted by molar-refractivity contribution is 8.13. The number of aliphatic imine (C=N–C) groups is 1. The Bertz CT molecular complexity index is 1430. The van der Waals surface area contributed by atoms with Crippen molar-refractivity contribution in [1.82, 2.24) is 4.90 Å². The van der Waals surface area contributed by atoms with E-state index >= 15 is 0 Å². The normalized spacial score (nSPS) is 11.8. The van der Waals surface area contributed by atoms with Crippen LogP contribution in [0, 0.1) is 0 Å². The first-order valence-electron chi connectivity index (χ1n) is 12.0. The average molecular weight is 553 g/mol. The van der Waals surface area contributed by atoms with Gasteiger partial charge >= 0.3 is 6.18 Å². The summed E-state index contributed by atoms with van der Waals surface area (Å²) >= 11 is 1.36. The quantitative estimate of drug-likeness (QED) is 0.137. The lowest BCUT2D eigenvalue weighted by Crippen LogP contribution is -2.28. The van der Waals surface area contributed by atoms with Crippen molar-refractivity contribution in [3.05, 3.63) is 114 Å². The molecule has 39 heavy (non-hydrogen) atoms. The largest absolute Gasteiger partial charge is 0.508 e. The summed E-state index contributed by atoms with van der Waals surface area (Å²) in [5.74, 6) is 1.50. The van der Waals surface area contributed by atoms with Crippen molar-refractivity contribution in [2.75, 3.05) is 14.2 Å².